The maximum atomic E-state index is 10.4. The number of aromatic carboxylic acids is 2. The zero-order valence-corrected chi connectivity index (χ0v) is 10.7. The van der Waals surface area contributed by atoms with Crippen LogP contribution in [0.15, 0.2) is 24.3 Å². The van der Waals surface area contributed by atoms with E-state index in [-0.39, 0.29) is 11.1 Å². The molecular formula is C15H18O4. The lowest BCUT2D eigenvalue weighted by molar-refractivity contribution is 0.0696. The summed E-state index contributed by atoms with van der Waals surface area (Å²) in [5.74, 6) is 0.0891. The Morgan fingerprint density at radius 3 is 1.58 bits per heavy atom. The summed E-state index contributed by atoms with van der Waals surface area (Å²) in [4.78, 5) is 20.8. The number of carboxylic acids is 2. The molecule has 0 atom stereocenters. The highest BCUT2D eigenvalue weighted by Crippen LogP contribution is 2.43. The molecule has 0 unspecified atom stereocenters. The quantitative estimate of drug-likeness (QED) is 0.857. The first-order valence-corrected chi connectivity index (χ1v) is 6.63. The number of fused-ring (bicyclic) bond motifs is 2. The molecule has 2 N–H and O–H groups in total. The van der Waals surface area contributed by atoms with E-state index < -0.39 is 11.9 Å². The van der Waals surface area contributed by atoms with Crippen molar-refractivity contribution in [1.29, 1.82) is 0 Å². The van der Waals surface area contributed by atoms with Crippen molar-refractivity contribution in [2.24, 2.45) is 11.8 Å². The first kappa shape index (κ1) is 13.6. The second-order valence-electron chi connectivity index (χ2n) is 5.31. The predicted molar refractivity (Wildman–Crippen MR) is 70.4 cm³/mol. The Balaban J connectivity index is 0.000000159. The van der Waals surface area contributed by atoms with E-state index in [1.165, 1.54) is 30.0 Å². The van der Waals surface area contributed by atoms with Crippen LogP contribution in [0, 0.1) is 11.8 Å². The van der Waals surface area contributed by atoms with Gasteiger partial charge in [0.2, 0.25) is 0 Å². The fourth-order valence-electron chi connectivity index (χ4n) is 2.96. The number of rotatable bonds is 2. The number of hydrogen-bond acceptors (Lipinski definition) is 2. The van der Waals surface area contributed by atoms with Crippen LogP contribution in [0.1, 0.15) is 52.8 Å². The van der Waals surface area contributed by atoms with E-state index in [2.05, 4.69) is 0 Å². The van der Waals surface area contributed by atoms with Crippen LogP contribution < -0.4 is 0 Å². The molecule has 0 aliphatic heterocycles. The molecule has 2 aliphatic rings. The maximum absolute atomic E-state index is 10.4. The van der Waals surface area contributed by atoms with Gasteiger partial charge in [0.05, 0.1) is 11.1 Å². The fourth-order valence-corrected chi connectivity index (χ4v) is 2.96. The van der Waals surface area contributed by atoms with Gasteiger partial charge in [-0.3, -0.25) is 0 Å². The summed E-state index contributed by atoms with van der Waals surface area (Å²) in [5.41, 5.74) is -0.0372. The van der Waals surface area contributed by atoms with E-state index >= 15 is 0 Å². The van der Waals surface area contributed by atoms with Crippen molar-refractivity contribution in [1.82, 2.24) is 0 Å². The summed E-state index contributed by atoms with van der Waals surface area (Å²) in [6.45, 7) is 0. The van der Waals surface area contributed by atoms with Crippen molar-refractivity contribution < 1.29 is 19.8 Å². The summed E-state index contributed by atoms with van der Waals surface area (Å²) in [5, 5.41) is 17.0. The summed E-state index contributed by atoms with van der Waals surface area (Å²) >= 11 is 0. The number of hydrogen-bond donors (Lipinski definition) is 2. The van der Waals surface area contributed by atoms with E-state index in [0.29, 0.717) is 0 Å². The molecule has 0 saturated heterocycles. The van der Waals surface area contributed by atoms with Crippen molar-refractivity contribution >= 4 is 11.9 Å². The zero-order valence-electron chi connectivity index (χ0n) is 10.7. The zero-order chi connectivity index (χ0) is 13.8. The summed E-state index contributed by atoms with van der Waals surface area (Å²) in [7, 11) is 0. The highest BCUT2D eigenvalue weighted by Gasteiger charge is 2.30. The highest BCUT2D eigenvalue weighted by atomic mass is 16.4. The number of benzene rings is 1. The smallest absolute Gasteiger partial charge is 0.335 e. The normalized spacial score (nSPS) is 23.6. The third-order valence-electron chi connectivity index (χ3n) is 3.99. The second kappa shape index (κ2) is 5.87. The van der Waals surface area contributed by atoms with Gasteiger partial charge in [-0.2, -0.15) is 0 Å². The molecule has 102 valence electrons. The topological polar surface area (TPSA) is 74.6 Å². The lowest BCUT2D eigenvalue weighted by Gasteiger charge is -2.05. The van der Waals surface area contributed by atoms with Crippen LogP contribution in [0.4, 0.5) is 0 Å². The average molecular weight is 262 g/mol. The van der Waals surface area contributed by atoms with Gasteiger partial charge in [-0.05, 0) is 36.5 Å². The third-order valence-corrected chi connectivity index (χ3v) is 3.99. The molecule has 2 aliphatic carbocycles. The van der Waals surface area contributed by atoms with Crippen LogP contribution in [0.3, 0.4) is 0 Å². The molecule has 0 heterocycles. The largest absolute Gasteiger partial charge is 0.478 e. The Kier molecular flexibility index (Phi) is 4.20. The van der Waals surface area contributed by atoms with Crippen LogP contribution in [-0.2, 0) is 0 Å². The standard InChI is InChI=1S/C8H6O4.C7H12/c9-7(10)5-2-1-3-6(4-5)8(11)12;1-2-7-4-3-6(1)5-7/h1-4H,(H,9,10)(H,11,12);6-7H,1-5H2. The molecule has 0 spiro atoms. The Morgan fingerprint density at radius 1 is 0.895 bits per heavy atom. The van der Waals surface area contributed by atoms with Crippen LogP contribution >= 0.6 is 0 Å². The van der Waals surface area contributed by atoms with Crippen LogP contribution in [0.2, 0.25) is 0 Å². The molecule has 2 fully saturated rings. The average Bonchev–Trinajstić information content (AvgIpc) is 3.04. The highest BCUT2D eigenvalue weighted by molar-refractivity contribution is 5.93. The molecule has 2 bridgehead atoms. The van der Waals surface area contributed by atoms with Crippen molar-refractivity contribution in [3.63, 3.8) is 0 Å². The Bertz CT molecular complexity index is 434. The lowest BCUT2D eigenvalue weighted by atomic mass is 10.0. The van der Waals surface area contributed by atoms with Gasteiger partial charge in [-0.1, -0.05) is 31.7 Å². The Labute approximate surface area is 112 Å². The number of carbonyl (C=O) groups is 2. The van der Waals surface area contributed by atoms with Crippen LogP contribution in [-0.4, -0.2) is 22.2 Å². The first-order valence-electron chi connectivity index (χ1n) is 6.63. The van der Waals surface area contributed by atoms with Gasteiger partial charge in [-0.25, -0.2) is 9.59 Å². The number of carboxylic acid groups (broad SMARTS) is 2. The Morgan fingerprint density at radius 2 is 1.32 bits per heavy atom. The van der Waals surface area contributed by atoms with Gasteiger partial charge < -0.3 is 10.2 Å². The molecular weight excluding hydrogens is 244 g/mol. The van der Waals surface area contributed by atoms with Gasteiger partial charge in [0.1, 0.15) is 0 Å². The maximum Gasteiger partial charge on any atom is 0.335 e. The fraction of sp³-hybridized carbons (Fsp3) is 0.467. The van der Waals surface area contributed by atoms with E-state index in [1.807, 2.05) is 0 Å². The Hall–Kier alpha value is -1.84. The molecule has 0 aromatic heterocycles. The first-order chi connectivity index (χ1) is 9.06. The minimum absolute atomic E-state index is 0.0186. The van der Waals surface area contributed by atoms with Gasteiger partial charge in [0.25, 0.3) is 0 Å². The molecule has 0 radical (unpaired) electrons. The molecule has 4 heteroatoms. The van der Waals surface area contributed by atoms with Crippen LogP contribution in [0.25, 0.3) is 0 Å². The summed E-state index contributed by atoms with van der Waals surface area (Å²) < 4.78 is 0. The summed E-state index contributed by atoms with van der Waals surface area (Å²) in [6.07, 6.45) is 7.82. The summed E-state index contributed by atoms with van der Waals surface area (Å²) in [6, 6.07) is 5.20. The third kappa shape index (κ3) is 3.56. The van der Waals surface area contributed by atoms with Gasteiger partial charge in [0, 0.05) is 0 Å². The van der Waals surface area contributed by atoms with E-state index in [9.17, 15) is 9.59 Å². The second-order valence-corrected chi connectivity index (χ2v) is 5.31. The van der Waals surface area contributed by atoms with Crippen molar-refractivity contribution in [2.45, 2.75) is 32.1 Å². The minimum atomic E-state index is -1.13. The van der Waals surface area contributed by atoms with Crippen molar-refractivity contribution in [2.75, 3.05) is 0 Å². The SMILES string of the molecule is C1CC2CCC1C2.O=C(O)c1cccc(C(=O)O)c1. The lowest BCUT2D eigenvalue weighted by Crippen LogP contribution is -2.01. The van der Waals surface area contributed by atoms with Gasteiger partial charge >= 0.3 is 11.9 Å². The molecule has 1 aromatic rings. The van der Waals surface area contributed by atoms with Crippen molar-refractivity contribution in [3.8, 4) is 0 Å². The van der Waals surface area contributed by atoms with E-state index in [4.69, 9.17) is 10.2 Å². The van der Waals surface area contributed by atoms with Crippen molar-refractivity contribution in [3.05, 3.63) is 35.4 Å². The molecule has 4 nitrogen and oxygen atoms in total. The molecule has 1 aromatic carbocycles. The monoisotopic (exact) mass is 262 g/mol. The van der Waals surface area contributed by atoms with E-state index in [1.54, 1.807) is 32.1 Å². The predicted octanol–water partition coefficient (Wildman–Crippen LogP) is 3.28. The molecule has 2 saturated carbocycles. The molecule has 0 amide bonds. The molecule has 19 heavy (non-hydrogen) atoms. The van der Waals surface area contributed by atoms with Gasteiger partial charge in [0.15, 0.2) is 0 Å². The van der Waals surface area contributed by atoms with Crippen LogP contribution in [0.5, 0.6) is 0 Å². The minimum Gasteiger partial charge on any atom is -0.478 e. The van der Waals surface area contributed by atoms with E-state index in [0.717, 1.165) is 6.07 Å². The van der Waals surface area contributed by atoms with Gasteiger partial charge in [-0.15, -0.1) is 0 Å². The molecule has 3 rings (SSSR count).